The number of hydrogen-bond acceptors (Lipinski definition) is 6. The average Bonchev–Trinajstić information content (AvgIpc) is 2.80. The van der Waals surface area contributed by atoms with Crippen LogP contribution in [0, 0.1) is 0 Å². The molecule has 0 aliphatic heterocycles. The van der Waals surface area contributed by atoms with Crippen LogP contribution in [0.5, 0.6) is 5.75 Å². The van der Waals surface area contributed by atoms with Gasteiger partial charge in [0.1, 0.15) is 11.9 Å². The van der Waals surface area contributed by atoms with Gasteiger partial charge in [0.25, 0.3) is 0 Å². The normalized spacial score (nSPS) is 14.0. The second-order valence-electron chi connectivity index (χ2n) is 7.20. The van der Waals surface area contributed by atoms with Crippen molar-refractivity contribution in [1.82, 2.24) is 4.98 Å². The SMILES string of the molecule is C=CC(=O)OCCCOc1ccc(-c2ccc(C(=O)OC3CCCCC3)cc2)nc1. The van der Waals surface area contributed by atoms with Gasteiger partial charge in [0.2, 0.25) is 0 Å². The van der Waals surface area contributed by atoms with Gasteiger partial charge in [0, 0.05) is 18.1 Å². The minimum atomic E-state index is -0.436. The number of ether oxygens (including phenoxy) is 3. The Bertz CT molecular complexity index is 839. The molecule has 0 bridgehead atoms. The van der Waals surface area contributed by atoms with Gasteiger partial charge in [0.15, 0.2) is 0 Å². The first-order valence-electron chi connectivity index (χ1n) is 10.3. The van der Waals surface area contributed by atoms with Crippen molar-refractivity contribution in [3.05, 3.63) is 60.8 Å². The standard InChI is InChI=1S/C24H27NO5/c1-2-23(26)29-16-6-15-28-21-13-14-22(25-17-21)18-9-11-19(12-10-18)24(27)30-20-7-4-3-5-8-20/h2,9-14,17,20H,1,3-8,15-16H2. The second-order valence-corrected chi connectivity index (χ2v) is 7.20. The van der Waals surface area contributed by atoms with E-state index in [2.05, 4.69) is 11.6 Å². The van der Waals surface area contributed by atoms with Crippen LogP contribution in [0.2, 0.25) is 0 Å². The van der Waals surface area contributed by atoms with Crippen LogP contribution in [0.15, 0.2) is 55.3 Å². The molecule has 30 heavy (non-hydrogen) atoms. The number of hydrogen-bond donors (Lipinski definition) is 0. The van der Waals surface area contributed by atoms with E-state index in [-0.39, 0.29) is 18.7 Å². The van der Waals surface area contributed by atoms with E-state index in [1.807, 2.05) is 24.3 Å². The van der Waals surface area contributed by atoms with Crippen molar-refractivity contribution in [1.29, 1.82) is 0 Å². The van der Waals surface area contributed by atoms with E-state index < -0.39 is 5.97 Å². The number of carbonyl (C=O) groups excluding carboxylic acids is 2. The molecule has 158 valence electrons. The van der Waals surface area contributed by atoms with Crippen LogP contribution in [0.25, 0.3) is 11.3 Å². The molecular weight excluding hydrogens is 382 g/mol. The summed E-state index contributed by atoms with van der Waals surface area (Å²) in [5, 5.41) is 0. The number of esters is 2. The van der Waals surface area contributed by atoms with E-state index in [0.29, 0.717) is 24.3 Å². The molecule has 0 atom stereocenters. The van der Waals surface area contributed by atoms with Gasteiger partial charge in [-0.25, -0.2) is 9.59 Å². The average molecular weight is 409 g/mol. The minimum absolute atomic E-state index is 0.0502. The number of nitrogens with zero attached hydrogens (tertiary/aromatic N) is 1. The summed E-state index contributed by atoms with van der Waals surface area (Å²) in [6, 6.07) is 11.0. The van der Waals surface area contributed by atoms with Crippen LogP contribution >= 0.6 is 0 Å². The maximum Gasteiger partial charge on any atom is 0.338 e. The highest BCUT2D eigenvalue weighted by molar-refractivity contribution is 5.90. The number of pyridine rings is 1. The van der Waals surface area contributed by atoms with Crippen LogP contribution in [0.3, 0.4) is 0 Å². The van der Waals surface area contributed by atoms with E-state index >= 15 is 0 Å². The van der Waals surface area contributed by atoms with Crippen LogP contribution in [0.4, 0.5) is 0 Å². The fraction of sp³-hybridized carbons (Fsp3) is 0.375. The molecule has 1 aromatic heterocycles. The summed E-state index contributed by atoms with van der Waals surface area (Å²) in [7, 11) is 0. The maximum absolute atomic E-state index is 12.3. The van der Waals surface area contributed by atoms with Crippen molar-refractivity contribution in [2.24, 2.45) is 0 Å². The van der Waals surface area contributed by atoms with Crippen molar-refractivity contribution in [2.75, 3.05) is 13.2 Å². The molecule has 6 nitrogen and oxygen atoms in total. The van der Waals surface area contributed by atoms with E-state index in [1.54, 1.807) is 18.3 Å². The fourth-order valence-corrected chi connectivity index (χ4v) is 3.30. The van der Waals surface area contributed by atoms with E-state index in [1.165, 1.54) is 6.42 Å². The number of rotatable bonds is 9. The summed E-state index contributed by atoms with van der Waals surface area (Å²) < 4.78 is 16.1. The molecular formula is C24H27NO5. The summed E-state index contributed by atoms with van der Waals surface area (Å²) in [5.74, 6) is -0.0558. The Hall–Kier alpha value is -3.15. The van der Waals surface area contributed by atoms with E-state index in [4.69, 9.17) is 14.2 Å². The monoisotopic (exact) mass is 409 g/mol. The Labute approximate surface area is 176 Å². The Kier molecular flexibility index (Phi) is 8.01. The lowest BCUT2D eigenvalue weighted by Gasteiger charge is -2.21. The van der Waals surface area contributed by atoms with Crippen molar-refractivity contribution in [3.8, 4) is 17.0 Å². The summed E-state index contributed by atoms with van der Waals surface area (Å²) >= 11 is 0. The predicted molar refractivity (Wildman–Crippen MR) is 113 cm³/mol. The highest BCUT2D eigenvalue weighted by atomic mass is 16.5. The van der Waals surface area contributed by atoms with Crippen LogP contribution < -0.4 is 4.74 Å². The predicted octanol–water partition coefficient (Wildman–Crippen LogP) is 4.74. The van der Waals surface area contributed by atoms with Crippen LogP contribution in [-0.4, -0.2) is 36.2 Å². The zero-order chi connectivity index (χ0) is 21.2. The topological polar surface area (TPSA) is 74.7 Å². The van der Waals surface area contributed by atoms with E-state index in [9.17, 15) is 9.59 Å². The van der Waals surface area contributed by atoms with Gasteiger partial charge in [0.05, 0.1) is 30.7 Å². The molecule has 1 aromatic carbocycles. The zero-order valence-corrected chi connectivity index (χ0v) is 17.0. The molecule has 0 N–H and O–H groups in total. The summed E-state index contributed by atoms with van der Waals surface area (Å²) in [6.07, 6.45) is 8.82. The molecule has 2 aromatic rings. The van der Waals surface area contributed by atoms with Gasteiger partial charge in [-0.1, -0.05) is 25.1 Å². The number of benzene rings is 1. The molecule has 6 heteroatoms. The van der Waals surface area contributed by atoms with Gasteiger partial charge >= 0.3 is 11.9 Å². The summed E-state index contributed by atoms with van der Waals surface area (Å²) in [4.78, 5) is 27.7. The molecule has 1 aliphatic carbocycles. The Morgan fingerprint density at radius 2 is 1.80 bits per heavy atom. The van der Waals surface area contributed by atoms with Gasteiger partial charge in [-0.15, -0.1) is 0 Å². The lowest BCUT2D eigenvalue weighted by atomic mass is 9.98. The molecule has 1 heterocycles. The molecule has 1 fully saturated rings. The minimum Gasteiger partial charge on any atom is -0.492 e. The van der Waals surface area contributed by atoms with E-state index in [0.717, 1.165) is 43.0 Å². The largest absolute Gasteiger partial charge is 0.492 e. The lowest BCUT2D eigenvalue weighted by Crippen LogP contribution is -2.20. The molecule has 0 unspecified atom stereocenters. The van der Waals surface area contributed by atoms with Crippen molar-refractivity contribution in [3.63, 3.8) is 0 Å². The smallest absolute Gasteiger partial charge is 0.338 e. The highest BCUT2D eigenvalue weighted by Crippen LogP contribution is 2.23. The molecule has 0 radical (unpaired) electrons. The highest BCUT2D eigenvalue weighted by Gasteiger charge is 2.18. The first-order valence-corrected chi connectivity index (χ1v) is 10.3. The molecule has 3 rings (SSSR count). The van der Waals surface area contributed by atoms with Crippen molar-refractivity contribution >= 4 is 11.9 Å². The van der Waals surface area contributed by atoms with Gasteiger partial charge in [-0.2, -0.15) is 0 Å². The van der Waals surface area contributed by atoms with Crippen molar-refractivity contribution in [2.45, 2.75) is 44.6 Å². The van der Waals surface area contributed by atoms with Gasteiger partial charge < -0.3 is 14.2 Å². The quantitative estimate of drug-likeness (QED) is 0.338. The molecule has 0 saturated heterocycles. The molecule has 1 saturated carbocycles. The third-order valence-electron chi connectivity index (χ3n) is 4.95. The molecule has 0 amide bonds. The Balaban J connectivity index is 1.48. The Morgan fingerprint density at radius 3 is 2.47 bits per heavy atom. The number of aromatic nitrogens is 1. The van der Waals surface area contributed by atoms with Crippen molar-refractivity contribution < 1.29 is 23.8 Å². The molecule has 0 spiro atoms. The second kappa shape index (κ2) is 11.1. The lowest BCUT2D eigenvalue weighted by molar-refractivity contribution is -0.137. The molecule has 1 aliphatic rings. The zero-order valence-electron chi connectivity index (χ0n) is 17.0. The first-order chi connectivity index (χ1) is 14.7. The summed E-state index contributed by atoms with van der Waals surface area (Å²) in [6.45, 7) is 4.04. The fourth-order valence-electron chi connectivity index (χ4n) is 3.30. The van der Waals surface area contributed by atoms with Gasteiger partial charge in [-0.05, 0) is 49.9 Å². The number of carbonyl (C=O) groups is 2. The summed E-state index contributed by atoms with van der Waals surface area (Å²) in [5.41, 5.74) is 2.25. The Morgan fingerprint density at radius 1 is 1.03 bits per heavy atom. The van der Waals surface area contributed by atoms with Gasteiger partial charge in [-0.3, -0.25) is 4.98 Å². The van der Waals surface area contributed by atoms with Crippen LogP contribution in [0.1, 0.15) is 48.9 Å². The van der Waals surface area contributed by atoms with Crippen LogP contribution in [-0.2, 0) is 14.3 Å². The third kappa shape index (κ3) is 6.44. The maximum atomic E-state index is 12.3. The third-order valence-corrected chi connectivity index (χ3v) is 4.95. The first kappa shape index (κ1) is 21.6.